The Labute approximate surface area is 123 Å². The molecule has 2 N–H and O–H groups in total. The number of rotatable bonds is 13. The van der Waals surface area contributed by atoms with Gasteiger partial charge >= 0.3 is 9.05 Å². The first-order valence-corrected chi connectivity index (χ1v) is 8.63. The smallest absolute Gasteiger partial charge is 0.354 e. The molecule has 0 aromatic heterocycles. The van der Waals surface area contributed by atoms with Crippen molar-refractivity contribution in [2.24, 2.45) is 5.73 Å². The van der Waals surface area contributed by atoms with Gasteiger partial charge in [0, 0.05) is 40.5 Å². The van der Waals surface area contributed by atoms with Crippen LogP contribution >= 0.6 is 0 Å². The van der Waals surface area contributed by atoms with Crippen LogP contribution < -0.4 is 5.73 Å². The molecular formula is C12H29NO6Si. The summed E-state index contributed by atoms with van der Waals surface area (Å²) in [6, 6.07) is 0. The van der Waals surface area contributed by atoms with Gasteiger partial charge in [-0.15, -0.1) is 0 Å². The minimum atomic E-state index is -3.29. The van der Waals surface area contributed by atoms with Gasteiger partial charge in [0.25, 0.3) is 5.97 Å². The van der Waals surface area contributed by atoms with E-state index in [1.165, 1.54) is 14.2 Å². The molecule has 0 aliphatic carbocycles. The molecule has 0 unspecified atom stereocenters. The van der Waals surface area contributed by atoms with Gasteiger partial charge in [-0.3, -0.25) is 4.43 Å². The molecule has 0 aliphatic heterocycles. The normalized spacial score (nSPS) is 12.9. The van der Waals surface area contributed by atoms with Crippen LogP contribution in [0.15, 0.2) is 0 Å². The monoisotopic (exact) mass is 311 g/mol. The summed E-state index contributed by atoms with van der Waals surface area (Å²) in [5.74, 6) is -1.25. The Hall–Kier alpha value is -0.0631. The van der Waals surface area contributed by atoms with Crippen LogP contribution in [0.1, 0.15) is 33.6 Å². The zero-order valence-electron chi connectivity index (χ0n) is 13.3. The van der Waals surface area contributed by atoms with Gasteiger partial charge in [0.1, 0.15) is 0 Å². The van der Waals surface area contributed by atoms with Crippen molar-refractivity contribution in [2.45, 2.75) is 39.6 Å². The van der Waals surface area contributed by atoms with Crippen molar-refractivity contribution in [1.82, 2.24) is 0 Å². The standard InChI is InChI=1S/C12H29NO6Si/c1-6-16-12(17-7-2,10-9-11-13)19-20(14-4,15-5)18-8-3/h6-11,13H2,1-5H3. The molecule has 0 spiro atoms. The van der Waals surface area contributed by atoms with Crippen LogP contribution in [-0.4, -0.2) is 55.6 Å². The lowest BCUT2D eigenvalue weighted by molar-refractivity contribution is -0.365. The number of nitrogens with two attached hydrogens (primary N) is 1. The molecule has 0 rings (SSSR count). The predicted molar refractivity (Wildman–Crippen MR) is 76.8 cm³/mol. The number of hydrogen-bond acceptors (Lipinski definition) is 7. The molecule has 122 valence electrons. The first kappa shape index (κ1) is 19.9. The Morgan fingerprint density at radius 3 is 1.85 bits per heavy atom. The van der Waals surface area contributed by atoms with Gasteiger partial charge in [-0.1, -0.05) is 0 Å². The minimum absolute atomic E-state index is 0.402. The Kier molecular flexibility index (Phi) is 10.6. The van der Waals surface area contributed by atoms with Crippen molar-refractivity contribution in [3.8, 4) is 0 Å². The lowest BCUT2D eigenvalue weighted by Gasteiger charge is -2.37. The molecule has 20 heavy (non-hydrogen) atoms. The van der Waals surface area contributed by atoms with E-state index in [1.807, 2.05) is 20.8 Å². The molecular weight excluding hydrogens is 282 g/mol. The number of ether oxygens (including phenoxy) is 2. The maximum atomic E-state index is 5.92. The van der Waals surface area contributed by atoms with Gasteiger partial charge in [-0.05, 0) is 33.7 Å². The van der Waals surface area contributed by atoms with Gasteiger partial charge in [-0.25, -0.2) is 0 Å². The average Bonchev–Trinajstić information content (AvgIpc) is 2.45. The molecule has 0 aromatic carbocycles. The summed E-state index contributed by atoms with van der Waals surface area (Å²) >= 11 is 0. The molecule has 0 heterocycles. The minimum Gasteiger partial charge on any atom is -0.354 e. The maximum absolute atomic E-state index is 5.92. The first-order valence-electron chi connectivity index (χ1n) is 6.99. The molecule has 0 saturated heterocycles. The van der Waals surface area contributed by atoms with Crippen LogP contribution in [-0.2, 0) is 27.2 Å². The highest BCUT2D eigenvalue weighted by molar-refractivity contribution is 6.53. The predicted octanol–water partition coefficient (Wildman–Crippen LogP) is 1.23. The summed E-state index contributed by atoms with van der Waals surface area (Å²) < 4.78 is 33.5. The Morgan fingerprint density at radius 1 is 0.950 bits per heavy atom. The van der Waals surface area contributed by atoms with Crippen LogP contribution in [0, 0.1) is 0 Å². The van der Waals surface area contributed by atoms with E-state index in [0.717, 1.165) is 0 Å². The van der Waals surface area contributed by atoms with Crippen LogP contribution in [0.5, 0.6) is 0 Å². The van der Waals surface area contributed by atoms with Crippen LogP contribution in [0.3, 0.4) is 0 Å². The van der Waals surface area contributed by atoms with Gasteiger partial charge in [-0.2, -0.15) is 0 Å². The fraction of sp³-hybridized carbons (Fsp3) is 1.00. The van der Waals surface area contributed by atoms with E-state index in [-0.39, 0.29) is 0 Å². The topological polar surface area (TPSA) is 81.4 Å². The Balaban J connectivity index is 5.13. The van der Waals surface area contributed by atoms with Crippen molar-refractivity contribution in [1.29, 1.82) is 0 Å². The summed E-state index contributed by atoms with van der Waals surface area (Å²) in [5.41, 5.74) is 5.57. The second kappa shape index (κ2) is 10.6. The second-order valence-corrected chi connectivity index (χ2v) is 6.19. The molecule has 0 amide bonds. The first-order chi connectivity index (χ1) is 9.57. The fourth-order valence-electron chi connectivity index (χ4n) is 1.74. The fourth-order valence-corrected chi connectivity index (χ4v) is 3.32. The van der Waals surface area contributed by atoms with Crippen LogP contribution in [0.25, 0.3) is 0 Å². The molecule has 0 fully saturated rings. The van der Waals surface area contributed by atoms with Gasteiger partial charge in [0.05, 0.1) is 0 Å². The quantitative estimate of drug-likeness (QED) is 0.405. The van der Waals surface area contributed by atoms with E-state index in [0.29, 0.717) is 39.2 Å². The lowest BCUT2D eigenvalue weighted by atomic mass is 10.2. The Morgan fingerprint density at radius 2 is 1.50 bits per heavy atom. The highest BCUT2D eigenvalue weighted by Gasteiger charge is 2.52. The largest absolute Gasteiger partial charge is 0.683 e. The van der Waals surface area contributed by atoms with E-state index in [9.17, 15) is 0 Å². The molecule has 7 nitrogen and oxygen atoms in total. The van der Waals surface area contributed by atoms with Crippen molar-refractivity contribution in [3.05, 3.63) is 0 Å². The third kappa shape index (κ3) is 6.14. The average molecular weight is 311 g/mol. The molecule has 0 aromatic rings. The maximum Gasteiger partial charge on any atom is 0.683 e. The van der Waals surface area contributed by atoms with E-state index in [1.54, 1.807) is 0 Å². The molecule has 0 bridgehead atoms. The molecule has 0 atom stereocenters. The molecule has 0 saturated carbocycles. The summed E-state index contributed by atoms with van der Waals surface area (Å²) in [6.07, 6.45) is 1.16. The zero-order chi connectivity index (χ0) is 15.5. The highest BCUT2D eigenvalue weighted by atomic mass is 28.4. The van der Waals surface area contributed by atoms with Crippen molar-refractivity contribution in [2.75, 3.05) is 40.6 Å². The van der Waals surface area contributed by atoms with Crippen molar-refractivity contribution >= 4 is 9.05 Å². The van der Waals surface area contributed by atoms with Gasteiger partial charge in [0.15, 0.2) is 0 Å². The van der Waals surface area contributed by atoms with Crippen molar-refractivity contribution < 1.29 is 27.2 Å². The zero-order valence-corrected chi connectivity index (χ0v) is 14.3. The van der Waals surface area contributed by atoms with E-state index < -0.39 is 15.0 Å². The molecule has 8 heteroatoms. The SMILES string of the molecule is CCOC(CCCN)(OCC)O[Si](OC)(OC)OCC. The summed E-state index contributed by atoms with van der Waals surface area (Å²) in [5, 5.41) is 0. The second-order valence-electron chi connectivity index (χ2n) is 3.88. The van der Waals surface area contributed by atoms with E-state index in [4.69, 9.17) is 32.9 Å². The van der Waals surface area contributed by atoms with Crippen LogP contribution in [0.4, 0.5) is 0 Å². The van der Waals surface area contributed by atoms with Gasteiger partial charge < -0.3 is 28.5 Å². The third-order valence-corrected chi connectivity index (χ3v) is 4.72. The summed E-state index contributed by atoms with van der Waals surface area (Å²) in [7, 11) is -0.328. The third-order valence-electron chi connectivity index (χ3n) is 2.52. The number of hydrogen-bond donors (Lipinski definition) is 1. The highest BCUT2D eigenvalue weighted by Crippen LogP contribution is 2.27. The Bertz CT molecular complexity index is 234. The lowest BCUT2D eigenvalue weighted by Crippen LogP contribution is -2.56. The molecule has 0 radical (unpaired) electrons. The van der Waals surface area contributed by atoms with Gasteiger partial charge in [0.2, 0.25) is 0 Å². The van der Waals surface area contributed by atoms with Crippen molar-refractivity contribution in [3.63, 3.8) is 0 Å². The summed E-state index contributed by atoms with van der Waals surface area (Å²) in [6.45, 7) is 7.33. The summed E-state index contributed by atoms with van der Waals surface area (Å²) in [4.78, 5) is 0. The van der Waals surface area contributed by atoms with Crippen LogP contribution in [0.2, 0.25) is 0 Å². The van der Waals surface area contributed by atoms with E-state index >= 15 is 0 Å². The van der Waals surface area contributed by atoms with E-state index in [2.05, 4.69) is 0 Å². The molecule has 0 aliphatic rings.